The molecule has 0 saturated carbocycles. The van der Waals surface area contributed by atoms with E-state index in [1.165, 1.54) is 0 Å². The van der Waals surface area contributed by atoms with Crippen LogP contribution in [0.2, 0.25) is 5.02 Å². The molecule has 2 N–H and O–H groups in total. The topological polar surface area (TPSA) is 103 Å². The summed E-state index contributed by atoms with van der Waals surface area (Å²) in [5.41, 5.74) is 2.10. The molecule has 0 unspecified atom stereocenters. The lowest BCUT2D eigenvalue weighted by Crippen LogP contribution is -2.65. The highest BCUT2D eigenvalue weighted by Gasteiger charge is 2.57. The molecule has 3 amide bonds. The van der Waals surface area contributed by atoms with Crippen molar-refractivity contribution in [2.24, 2.45) is 11.8 Å². The molecular weight excluding hydrogens is 540 g/mol. The van der Waals surface area contributed by atoms with E-state index >= 15 is 0 Å². The van der Waals surface area contributed by atoms with Crippen molar-refractivity contribution in [2.45, 2.75) is 84.5 Å². The van der Waals surface area contributed by atoms with Crippen molar-refractivity contribution in [1.82, 2.24) is 29.7 Å². The first-order chi connectivity index (χ1) is 19.5. The van der Waals surface area contributed by atoms with E-state index < -0.39 is 17.4 Å². The number of hydrogen-bond acceptors (Lipinski definition) is 4. The normalized spacial score (nSPS) is 22.2. The molecule has 9 nitrogen and oxygen atoms in total. The van der Waals surface area contributed by atoms with Crippen molar-refractivity contribution in [3.05, 3.63) is 53.2 Å². The summed E-state index contributed by atoms with van der Waals surface area (Å²) in [7, 11) is 0. The highest BCUT2D eigenvalue weighted by Crippen LogP contribution is 2.50. The Bertz CT molecular complexity index is 1420. The van der Waals surface area contributed by atoms with Crippen LogP contribution in [0.5, 0.6) is 0 Å². The number of imidazole rings is 1. The minimum absolute atomic E-state index is 0.000921. The summed E-state index contributed by atoms with van der Waals surface area (Å²) in [6.45, 7) is 11.9. The van der Waals surface area contributed by atoms with E-state index in [2.05, 4.69) is 15.3 Å². The summed E-state index contributed by atoms with van der Waals surface area (Å²) in [6, 6.07) is 5.77. The van der Waals surface area contributed by atoms with Crippen LogP contribution < -0.4 is 5.32 Å². The van der Waals surface area contributed by atoms with Gasteiger partial charge in [0.2, 0.25) is 17.7 Å². The van der Waals surface area contributed by atoms with Gasteiger partial charge in [-0.25, -0.2) is 4.98 Å². The first-order valence-electron chi connectivity index (χ1n) is 14.7. The molecule has 1 saturated heterocycles. The van der Waals surface area contributed by atoms with Gasteiger partial charge in [0.15, 0.2) is 0 Å². The molecule has 2 aromatic heterocycles. The number of nitrogens with one attached hydrogen (secondary N) is 2. The molecule has 3 atom stereocenters. The van der Waals surface area contributed by atoms with Gasteiger partial charge in [-0.1, -0.05) is 11.6 Å². The van der Waals surface area contributed by atoms with Crippen LogP contribution in [0.4, 0.5) is 0 Å². The minimum atomic E-state index is -0.868. The van der Waals surface area contributed by atoms with Gasteiger partial charge in [0, 0.05) is 78.1 Å². The molecule has 1 aromatic carbocycles. The third kappa shape index (κ3) is 5.36. The fraction of sp³-hybridized carbons (Fsp3) is 0.548. The fourth-order valence-corrected chi connectivity index (χ4v) is 7.21. The molecule has 2 aliphatic heterocycles. The quantitative estimate of drug-likeness (QED) is 0.364. The lowest BCUT2D eigenvalue weighted by Gasteiger charge is -2.54. The Hall–Kier alpha value is -3.33. The molecule has 220 valence electrons. The summed E-state index contributed by atoms with van der Waals surface area (Å²) >= 11 is 6.36. The maximum Gasteiger partial charge on any atom is 0.228 e. The average molecular weight is 581 g/mol. The number of nitrogens with zero attached hydrogens (tertiary/aromatic N) is 4. The van der Waals surface area contributed by atoms with Gasteiger partial charge in [0.1, 0.15) is 0 Å². The lowest BCUT2D eigenvalue weighted by molar-refractivity contribution is -0.166. The Balaban J connectivity index is 1.44. The van der Waals surface area contributed by atoms with Gasteiger partial charge in [-0.15, -0.1) is 0 Å². The molecule has 41 heavy (non-hydrogen) atoms. The standard InChI is InChI=1S/C31H41ClN6O3/c1-19(2)38(20(3)4)30(41)25-15-21(16-27(39)34-10-6-12-36-14-11-33-18-36)29(40)37-13-9-23-24-17-22(32)7-8-26(24)35-28(23)31(25,37)5/h7-8,11,14,17-21,25,35H,6,9-10,12-13,15-16H2,1-5H3,(H,34,39)/t21-,25-,31+/m1/s1. The Kier molecular flexibility index (Phi) is 8.19. The Morgan fingerprint density at radius 1 is 1.24 bits per heavy atom. The molecule has 0 aliphatic carbocycles. The maximum atomic E-state index is 14.4. The van der Waals surface area contributed by atoms with Crippen molar-refractivity contribution in [1.29, 1.82) is 0 Å². The smallest absolute Gasteiger partial charge is 0.228 e. The largest absolute Gasteiger partial charge is 0.356 e. The van der Waals surface area contributed by atoms with E-state index in [1.807, 2.05) is 73.4 Å². The van der Waals surface area contributed by atoms with Crippen LogP contribution in [0.3, 0.4) is 0 Å². The highest BCUT2D eigenvalue weighted by atomic mass is 35.5. The monoisotopic (exact) mass is 580 g/mol. The number of halogens is 1. The number of carbonyl (C=O) groups excluding carboxylic acids is 3. The molecule has 3 aromatic rings. The number of amides is 3. The number of aromatic nitrogens is 3. The fourth-order valence-electron chi connectivity index (χ4n) is 7.04. The third-order valence-corrected chi connectivity index (χ3v) is 9.14. The number of benzene rings is 1. The third-order valence-electron chi connectivity index (χ3n) is 8.91. The maximum absolute atomic E-state index is 14.4. The second-order valence-corrected chi connectivity index (χ2v) is 12.6. The second-order valence-electron chi connectivity index (χ2n) is 12.2. The molecule has 0 radical (unpaired) electrons. The van der Waals surface area contributed by atoms with Crippen molar-refractivity contribution in [2.75, 3.05) is 13.1 Å². The van der Waals surface area contributed by atoms with Crippen LogP contribution in [-0.2, 0) is 32.9 Å². The summed E-state index contributed by atoms with van der Waals surface area (Å²) in [5.74, 6) is -1.27. The number of fused-ring (bicyclic) bond motifs is 5. The zero-order valence-corrected chi connectivity index (χ0v) is 25.4. The van der Waals surface area contributed by atoms with Crippen LogP contribution in [0.25, 0.3) is 10.9 Å². The van der Waals surface area contributed by atoms with E-state index in [0.29, 0.717) is 31.0 Å². The number of carbonyl (C=O) groups is 3. The van der Waals surface area contributed by atoms with Gasteiger partial charge < -0.3 is 24.7 Å². The van der Waals surface area contributed by atoms with Crippen molar-refractivity contribution in [3.8, 4) is 0 Å². The summed E-state index contributed by atoms with van der Waals surface area (Å²) in [5, 5.41) is 4.67. The van der Waals surface area contributed by atoms with Gasteiger partial charge in [-0.2, -0.15) is 0 Å². The van der Waals surface area contributed by atoms with Gasteiger partial charge >= 0.3 is 0 Å². The second kappa shape index (κ2) is 11.5. The summed E-state index contributed by atoms with van der Waals surface area (Å²) in [6.07, 6.45) is 7.17. The van der Waals surface area contributed by atoms with Gasteiger partial charge in [0.05, 0.1) is 17.8 Å². The van der Waals surface area contributed by atoms with E-state index in [4.69, 9.17) is 11.6 Å². The van der Waals surface area contributed by atoms with Crippen molar-refractivity contribution < 1.29 is 14.4 Å². The number of hydrogen-bond donors (Lipinski definition) is 2. The number of aromatic amines is 1. The van der Waals surface area contributed by atoms with Crippen LogP contribution in [-0.4, -0.2) is 67.2 Å². The Morgan fingerprint density at radius 3 is 2.68 bits per heavy atom. The molecule has 10 heteroatoms. The van der Waals surface area contributed by atoms with E-state index in [9.17, 15) is 14.4 Å². The number of rotatable bonds is 9. The zero-order chi connectivity index (χ0) is 29.5. The average Bonchev–Trinajstić information content (AvgIpc) is 3.56. The molecule has 0 bridgehead atoms. The van der Waals surface area contributed by atoms with E-state index in [0.717, 1.165) is 35.1 Å². The van der Waals surface area contributed by atoms with Gasteiger partial charge in [0.25, 0.3) is 0 Å². The number of aryl methyl sites for hydroxylation is 1. The van der Waals surface area contributed by atoms with Crippen LogP contribution in [0, 0.1) is 11.8 Å². The SMILES string of the molecule is CC(C)N(C(=O)[C@H]1C[C@H](CC(=O)NCCCn2ccnc2)C(=O)N2CCc3c([nH]c4ccc(Cl)cc34)[C@]12C)C(C)C. The minimum Gasteiger partial charge on any atom is -0.356 e. The Labute approximate surface area is 246 Å². The predicted molar refractivity (Wildman–Crippen MR) is 159 cm³/mol. The summed E-state index contributed by atoms with van der Waals surface area (Å²) in [4.78, 5) is 52.9. The van der Waals surface area contributed by atoms with Crippen LogP contribution in [0.15, 0.2) is 36.9 Å². The molecule has 4 heterocycles. The van der Waals surface area contributed by atoms with Gasteiger partial charge in [-0.05, 0) is 77.6 Å². The summed E-state index contributed by atoms with van der Waals surface area (Å²) < 4.78 is 1.96. The highest BCUT2D eigenvalue weighted by molar-refractivity contribution is 6.31. The lowest BCUT2D eigenvalue weighted by atomic mass is 9.67. The number of piperidine rings is 1. The molecule has 2 aliphatic rings. The molecule has 0 spiro atoms. The van der Waals surface area contributed by atoms with Crippen molar-refractivity contribution >= 4 is 40.2 Å². The first kappa shape index (κ1) is 29.2. The predicted octanol–water partition coefficient (Wildman–Crippen LogP) is 4.50. The molecule has 5 rings (SSSR count). The number of H-pyrrole nitrogens is 1. The Morgan fingerprint density at radius 2 is 2.00 bits per heavy atom. The van der Waals surface area contributed by atoms with Crippen LogP contribution >= 0.6 is 11.6 Å². The zero-order valence-electron chi connectivity index (χ0n) is 24.6. The molecular formula is C31H41ClN6O3. The van der Waals surface area contributed by atoms with E-state index in [1.54, 1.807) is 12.5 Å². The van der Waals surface area contributed by atoms with Gasteiger partial charge in [-0.3, -0.25) is 14.4 Å². The molecule has 1 fully saturated rings. The van der Waals surface area contributed by atoms with Crippen LogP contribution in [0.1, 0.15) is 65.1 Å². The van der Waals surface area contributed by atoms with Crippen molar-refractivity contribution in [3.63, 3.8) is 0 Å². The first-order valence-corrected chi connectivity index (χ1v) is 15.1. The van der Waals surface area contributed by atoms with E-state index in [-0.39, 0.29) is 36.2 Å².